The molecule has 0 fully saturated rings. The molecule has 154 valence electrons. The summed E-state index contributed by atoms with van der Waals surface area (Å²) in [6.45, 7) is 3.40. The molecule has 0 saturated carbocycles. The van der Waals surface area contributed by atoms with Gasteiger partial charge in [-0.15, -0.1) is 0 Å². The Hall–Kier alpha value is -2.68. The zero-order valence-electron chi connectivity index (χ0n) is 16.3. The molecule has 29 heavy (non-hydrogen) atoms. The normalized spacial score (nSPS) is 12.1. The lowest BCUT2D eigenvalue weighted by molar-refractivity contribution is 0.0528. The fourth-order valence-corrected chi connectivity index (χ4v) is 2.99. The van der Waals surface area contributed by atoms with Crippen molar-refractivity contribution in [2.24, 2.45) is 0 Å². The summed E-state index contributed by atoms with van der Waals surface area (Å²) in [5, 5.41) is 22.7. The number of pyridine rings is 1. The van der Waals surface area contributed by atoms with E-state index in [9.17, 15) is 5.11 Å². The quantitative estimate of drug-likeness (QED) is 0.573. The number of hydrogen-bond acceptors (Lipinski definition) is 8. The lowest BCUT2D eigenvalue weighted by Gasteiger charge is -2.15. The Balaban J connectivity index is 1.92. The molecule has 0 bridgehead atoms. The average Bonchev–Trinajstić information content (AvgIpc) is 3.21. The lowest BCUT2D eigenvalue weighted by Crippen LogP contribution is -2.21. The highest BCUT2D eigenvalue weighted by Crippen LogP contribution is 2.39. The smallest absolute Gasteiger partial charge is 0.258 e. The number of nitrogens with zero attached hydrogens (tertiary/aromatic N) is 3. The van der Waals surface area contributed by atoms with Crippen molar-refractivity contribution in [2.75, 3.05) is 20.3 Å². The molecular weight excluding hydrogens is 398 g/mol. The summed E-state index contributed by atoms with van der Waals surface area (Å²) in [7, 11) is 1.47. The Morgan fingerprint density at radius 1 is 1.17 bits per heavy atom. The maximum Gasteiger partial charge on any atom is 0.258 e. The largest absolute Gasteiger partial charge is 0.493 e. The molecular formula is C20H22ClN3O5. The van der Waals surface area contributed by atoms with Crippen LogP contribution >= 0.6 is 11.6 Å². The van der Waals surface area contributed by atoms with E-state index in [2.05, 4.69) is 15.1 Å². The summed E-state index contributed by atoms with van der Waals surface area (Å²) < 4.78 is 16.3. The second kappa shape index (κ2) is 9.21. The van der Waals surface area contributed by atoms with Crippen LogP contribution < -0.4 is 9.47 Å². The minimum Gasteiger partial charge on any atom is -0.493 e. The maximum absolute atomic E-state index is 9.48. The van der Waals surface area contributed by atoms with Gasteiger partial charge in [0, 0.05) is 22.5 Å². The summed E-state index contributed by atoms with van der Waals surface area (Å²) in [4.78, 5) is 8.92. The predicted octanol–water partition coefficient (Wildman–Crippen LogP) is 3.06. The summed E-state index contributed by atoms with van der Waals surface area (Å²) in [6.07, 6.45) is -0.221. The van der Waals surface area contributed by atoms with Gasteiger partial charge in [-0.2, -0.15) is 4.98 Å². The monoisotopic (exact) mass is 419 g/mol. The first-order valence-electron chi connectivity index (χ1n) is 9.06. The highest BCUT2D eigenvalue weighted by molar-refractivity contribution is 6.32. The van der Waals surface area contributed by atoms with E-state index in [0.717, 1.165) is 23.4 Å². The van der Waals surface area contributed by atoms with Crippen LogP contribution in [0.3, 0.4) is 0 Å². The van der Waals surface area contributed by atoms with E-state index >= 15 is 0 Å². The topological polar surface area (TPSA) is 111 Å². The summed E-state index contributed by atoms with van der Waals surface area (Å²) >= 11 is 6.33. The molecule has 9 heteroatoms. The number of aliphatic hydroxyl groups excluding tert-OH is 2. The van der Waals surface area contributed by atoms with Crippen molar-refractivity contribution in [3.8, 4) is 34.3 Å². The van der Waals surface area contributed by atoms with Gasteiger partial charge in [0.25, 0.3) is 5.89 Å². The van der Waals surface area contributed by atoms with Crippen molar-refractivity contribution in [1.82, 2.24) is 15.1 Å². The van der Waals surface area contributed by atoms with Gasteiger partial charge < -0.3 is 24.2 Å². The third-order valence-electron chi connectivity index (χ3n) is 4.16. The van der Waals surface area contributed by atoms with E-state index < -0.39 is 12.7 Å². The summed E-state index contributed by atoms with van der Waals surface area (Å²) in [5.41, 5.74) is 3.19. The maximum atomic E-state index is 9.48. The molecule has 2 aromatic heterocycles. The Kier molecular flexibility index (Phi) is 6.68. The third kappa shape index (κ3) is 4.84. The zero-order valence-corrected chi connectivity index (χ0v) is 17.1. The predicted molar refractivity (Wildman–Crippen MR) is 107 cm³/mol. The number of aromatic nitrogens is 3. The van der Waals surface area contributed by atoms with E-state index in [1.54, 1.807) is 12.1 Å². The Morgan fingerprint density at radius 2 is 1.97 bits per heavy atom. The Bertz CT molecular complexity index is 992. The number of rotatable bonds is 8. The summed E-state index contributed by atoms with van der Waals surface area (Å²) in [5.74, 6) is 1.32. The van der Waals surface area contributed by atoms with Crippen molar-refractivity contribution in [2.45, 2.75) is 26.4 Å². The van der Waals surface area contributed by atoms with E-state index in [1.165, 1.54) is 7.11 Å². The molecule has 8 nitrogen and oxygen atoms in total. The number of ether oxygens (including phenoxy) is 2. The highest BCUT2D eigenvalue weighted by atomic mass is 35.5. The van der Waals surface area contributed by atoms with Crippen LogP contribution in [0.5, 0.6) is 11.5 Å². The van der Waals surface area contributed by atoms with Crippen LogP contribution in [0.15, 0.2) is 28.8 Å². The molecule has 0 radical (unpaired) electrons. The fraction of sp³-hybridized carbons (Fsp3) is 0.350. The van der Waals surface area contributed by atoms with Gasteiger partial charge in [-0.05, 0) is 37.6 Å². The number of aryl methyl sites for hydroxylation is 2. The lowest BCUT2D eigenvalue weighted by atomic mass is 10.1. The van der Waals surface area contributed by atoms with Crippen LogP contribution in [0.4, 0.5) is 0 Å². The first-order valence-corrected chi connectivity index (χ1v) is 9.44. The van der Waals surface area contributed by atoms with E-state index in [0.29, 0.717) is 23.0 Å². The molecule has 2 heterocycles. The van der Waals surface area contributed by atoms with Gasteiger partial charge in [-0.1, -0.05) is 23.7 Å². The van der Waals surface area contributed by atoms with Crippen LogP contribution in [-0.2, 0) is 6.42 Å². The molecule has 1 atom stereocenters. The summed E-state index contributed by atoms with van der Waals surface area (Å²) in [6, 6.07) is 7.08. The molecule has 2 N–H and O–H groups in total. The highest BCUT2D eigenvalue weighted by Gasteiger charge is 2.18. The molecule has 0 amide bonds. The minimum absolute atomic E-state index is 0.126. The first-order chi connectivity index (χ1) is 13.9. The van der Waals surface area contributed by atoms with Gasteiger partial charge in [0.2, 0.25) is 5.82 Å². The SMILES string of the molecule is CCc1cc(-c2nc(-c3cc(Cl)c(OC[C@@H](O)CO)c(OC)c3)no2)cc(C)n1. The van der Waals surface area contributed by atoms with Gasteiger partial charge in [0.1, 0.15) is 12.7 Å². The van der Waals surface area contributed by atoms with Gasteiger partial charge in [-0.3, -0.25) is 4.98 Å². The van der Waals surface area contributed by atoms with Crippen LogP contribution in [0.25, 0.3) is 22.8 Å². The van der Waals surface area contributed by atoms with Gasteiger partial charge in [0.05, 0.1) is 18.7 Å². The second-order valence-corrected chi connectivity index (χ2v) is 6.81. The molecule has 0 aliphatic carbocycles. The molecule has 3 aromatic rings. The van der Waals surface area contributed by atoms with Crippen LogP contribution in [-0.4, -0.2) is 51.8 Å². The molecule has 0 aliphatic rings. The third-order valence-corrected chi connectivity index (χ3v) is 4.44. The molecule has 0 unspecified atom stereocenters. The number of halogens is 1. The van der Waals surface area contributed by atoms with Crippen LogP contribution in [0, 0.1) is 6.92 Å². The number of hydrogen-bond donors (Lipinski definition) is 2. The Morgan fingerprint density at radius 3 is 2.66 bits per heavy atom. The van der Waals surface area contributed by atoms with E-state index in [4.69, 9.17) is 30.7 Å². The van der Waals surface area contributed by atoms with Crippen molar-refractivity contribution >= 4 is 11.6 Å². The van der Waals surface area contributed by atoms with Crippen molar-refractivity contribution in [1.29, 1.82) is 0 Å². The van der Waals surface area contributed by atoms with Gasteiger partial charge >= 0.3 is 0 Å². The van der Waals surface area contributed by atoms with Crippen LogP contribution in [0.1, 0.15) is 18.3 Å². The van der Waals surface area contributed by atoms with Crippen LogP contribution in [0.2, 0.25) is 5.02 Å². The van der Waals surface area contributed by atoms with Crippen molar-refractivity contribution < 1.29 is 24.2 Å². The zero-order chi connectivity index (χ0) is 21.0. The molecule has 0 spiro atoms. The van der Waals surface area contributed by atoms with E-state index in [-0.39, 0.29) is 17.4 Å². The first kappa shape index (κ1) is 21.0. The molecule has 3 rings (SSSR count). The number of aliphatic hydroxyl groups is 2. The van der Waals surface area contributed by atoms with Gasteiger partial charge in [0.15, 0.2) is 11.5 Å². The van der Waals surface area contributed by atoms with Gasteiger partial charge in [-0.25, -0.2) is 0 Å². The molecule has 0 saturated heterocycles. The molecule has 1 aromatic carbocycles. The second-order valence-electron chi connectivity index (χ2n) is 6.40. The minimum atomic E-state index is -1.02. The van der Waals surface area contributed by atoms with Crippen molar-refractivity contribution in [3.05, 3.63) is 40.7 Å². The van der Waals surface area contributed by atoms with E-state index in [1.807, 2.05) is 26.0 Å². The fourth-order valence-electron chi connectivity index (χ4n) is 2.72. The number of benzene rings is 1. The number of methoxy groups -OCH3 is 1. The van der Waals surface area contributed by atoms with Crippen molar-refractivity contribution in [3.63, 3.8) is 0 Å². The average molecular weight is 420 g/mol. The Labute approximate surface area is 173 Å². The molecule has 0 aliphatic heterocycles. The standard InChI is InChI=1S/C20H22ClN3O5/c1-4-14-6-13(5-11(2)22-14)20-23-19(24-29-20)12-7-16(21)18(17(8-12)27-3)28-10-15(26)9-25/h5-8,15,25-26H,4,9-10H2,1-3H3/t15-/m0/s1.